The molecule has 0 unspecified atom stereocenters. The zero-order valence-electron chi connectivity index (χ0n) is 15.6. The van der Waals surface area contributed by atoms with Crippen LogP contribution in [0, 0.1) is 0 Å². The largest absolute Gasteiger partial charge is 0.362 e. The maximum atomic E-state index is 6.16. The van der Waals surface area contributed by atoms with Crippen LogP contribution >= 0.6 is 11.6 Å². The van der Waals surface area contributed by atoms with Crippen LogP contribution in [-0.2, 0) is 19.4 Å². The van der Waals surface area contributed by atoms with Crippen LogP contribution in [0.15, 0.2) is 30.6 Å². The Kier molecular flexibility index (Phi) is 5.07. The highest BCUT2D eigenvalue weighted by Crippen LogP contribution is 2.29. The van der Waals surface area contributed by atoms with Gasteiger partial charge >= 0.3 is 0 Å². The minimum atomic E-state index is 0.318. The molecule has 0 radical (unpaired) electrons. The monoisotopic (exact) mass is 382 g/mol. The van der Waals surface area contributed by atoms with Crippen molar-refractivity contribution in [2.75, 3.05) is 5.32 Å². The molecule has 6 nitrogen and oxygen atoms in total. The van der Waals surface area contributed by atoms with Crippen LogP contribution in [0.25, 0.3) is 11.4 Å². The summed E-state index contributed by atoms with van der Waals surface area (Å²) in [4.78, 5) is 9.67. The fraction of sp³-hybridized carbons (Fsp3) is 0.400. The van der Waals surface area contributed by atoms with E-state index >= 15 is 0 Å². The molecule has 0 fully saturated rings. The number of nitrogens with zero attached hydrogens (tertiary/aromatic N) is 5. The number of fused-ring (bicyclic) bond motifs is 1. The fourth-order valence-corrected chi connectivity index (χ4v) is 3.67. The summed E-state index contributed by atoms with van der Waals surface area (Å²) in [6.45, 7) is 4.82. The lowest BCUT2D eigenvalue weighted by Crippen LogP contribution is -2.16. The molecular weight excluding hydrogens is 360 g/mol. The van der Waals surface area contributed by atoms with Crippen LogP contribution in [-0.4, -0.2) is 24.7 Å². The number of nitrogens with one attached hydrogen (secondary N) is 1. The molecule has 27 heavy (non-hydrogen) atoms. The number of benzene rings is 1. The number of anilines is 1. The third-order valence-electron chi connectivity index (χ3n) is 4.88. The Balaban J connectivity index is 1.68. The minimum Gasteiger partial charge on any atom is -0.362 e. The topological polar surface area (TPSA) is 68.5 Å². The van der Waals surface area contributed by atoms with Crippen molar-refractivity contribution in [3.63, 3.8) is 0 Å². The number of hydrogen-bond donors (Lipinski definition) is 1. The van der Waals surface area contributed by atoms with Crippen molar-refractivity contribution in [3.05, 3.63) is 52.7 Å². The standard InChI is InChI=1S/C20H23ClN6/c1-13(2)27-12-23-26-18(27)11-22-20-16-8-3-4-9-17(16)24-19(25-20)14-6-5-7-15(21)10-14/h5-7,10,12-13H,3-4,8-9,11H2,1-2H3,(H,22,24,25). The summed E-state index contributed by atoms with van der Waals surface area (Å²) in [5.41, 5.74) is 3.30. The Morgan fingerprint density at radius 1 is 1.19 bits per heavy atom. The SMILES string of the molecule is CC(C)n1cnnc1CNc1nc(-c2cccc(Cl)c2)nc2c1CCCC2. The van der Waals surface area contributed by atoms with E-state index in [1.165, 1.54) is 18.4 Å². The van der Waals surface area contributed by atoms with E-state index in [9.17, 15) is 0 Å². The van der Waals surface area contributed by atoms with Crippen molar-refractivity contribution in [2.24, 2.45) is 0 Å². The maximum absolute atomic E-state index is 6.16. The smallest absolute Gasteiger partial charge is 0.161 e. The molecule has 0 bridgehead atoms. The molecule has 0 spiro atoms. The Hall–Kier alpha value is -2.47. The summed E-state index contributed by atoms with van der Waals surface area (Å²) in [5.74, 6) is 2.51. The molecule has 2 heterocycles. The lowest BCUT2D eigenvalue weighted by molar-refractivity contribution is 0.571. The maximum Gasteiger partial charge on any atom is 0.161 e. The molecule has 0 aliphatic heterocycles. The molecular formula is C20H23ClN6. The first-order valence-corrected chi connectivity index (χ1v) is 9.77. The Morgan fingerprint density at radius 3 is 2.85 bits per heavy atom. The number of rotatable bonds is 5. The van der Waals surface area contributed by atoms with Gasteiger partial charge in [-0.15, -0.1) is 10.2 Å². The second kappa shape index (κ2) is 7.64. The first kappa shape index (κ1) is 17.9. The molecule has 0 saturated carbocycles. The zero-order valence-corrected chi connectivity index (χ0v) is 16.4. The highest BCUT2D eigenvalue weighted by Gasteiger charge is 2.19. The second-order valence-electron chi connectivity index (χ2n) is 7.14. The lowest BCUT2D eigenvalue weighted by Gasteiger charge is -2.20. The summed E-state index contributed by atoms with van der Waals surface area (Å²) in [6, 6.07) is 8.01. The summed E-state index contributed by atoms with van der Waals surface area (Å²) in [7, 11) is 0. The first-order valence-electron chi connectivity index (χ1n) is 9.40. The normalized spacial score (nSPS) is 13.6. The lowest BCUT2D eigenvalue weighted by atomic mass is 9.96. The number of aromatic nitrogens is 5. The third kappa shape index (κ3) is 3.81. The second-order valence-corrected chi connectivity index (χ2v) is 7.58. The van der Waals surface area contributed by atoms with Crippen molar-refractivity contribution in [2.45, 2.75) is 52.1 Å². The molecule has 1 N–H and O–H groups in total. The molecule has 2 aromatic heterocycles. The average Bonchev–Trinajstić information content (AvgIpc) is 3.15. The van der Waals surface area contributed by atoms with E-state index in [-0.39, 0.29) is 0 Å². The molecule has 140 valence electrons. The molecule has 1 aromatic carbocycles. The average molecular weight is 383 g/mol. The van der Waals surface area contributed by atoms with Crippen molar-refractivity contribution in [1.29, 1.82) is 0 Å². The van der Waals surface area contributed by atoms with Gasteiger partial charge < -0.3 is 9.88 Å². The summed E-state index contributed by atoms with van der Waals surface area (Å²) >= 11 is 6.16. The summed E-state index contributed by atoms with van der Waals surface area (Å²) in [6.07, 6.45) is 6.10. The highest BCUT2D eigenvalue weighted by atomic mass is 35.5. The van der Waals surface area contributed by atoms with Crippen LogP contribution < -0.4 is 5.32 Å². The van der Waals surface area contributed by atoms with Crippen molar-refractivity contribution >= 4 is 17.4 Å². The number of hydrogen-bond acceptors (Lipinski definition) is 5. The van der Waals surface area contributed by atoms with Gasteiger partial charge in [0.1, 0.15) is 12.1 Å². The number of aryl methyl sites for hydroxylation is 1. The molecule has 1 aliphatic rings. The predicted molar refractivity (Wildman–Crippen MR) is 107 cm³/mol. The van der Waals surface area contributed by atoms with E-state index in [1.807, 2.05) is 24.3 Å². The van der Waals surface area contributed by atoms with Gasteiger partial charge in [0, 0.05) is 27.9 Å². The molecule has 4 rings (SSSR count). The van der Waals surface area contributed by atoms with E-state index in [1.54, 1.807) is 6.33 Å². The zero-order chi connectivity index (χ0) is 18.8. The van der Waals surface area contributed by atoms with Gasteiger partial charge in [-0.3, -0.25) is 0 Å². The Labute approximate surface area is 164 Å². The molecule has 3 aromatic rings. The molecule has 0 saturated heterocycles. The van der Waals surface area contributed by atoms with Gasteiger partial charge in [0.05, 0.1) is 6.54 Å². The van der Waals surface area contributed by atoms with Gasteiger partial charge in [0.2, 0.25) is 0 Å². The van der Waals surface area contributed by atoms with Gasteiger partial charge in [-0.05, 0) is 51.7 Å². The van der Waals surface area contributed by atoms with E-state index in [2.05, 4.69) is 33.9 Å². The van der Waals surface area contributed by atoms with Crippen LogP contribution in [0.3, 0.4) is 0 Å². The van der Waals surface area contributed by atoms with Gasteiger partial charge in [0.25, 0.3) is 0 Å². The highest BCUT2D eigenvalue weighted by molar-refractivity contribution is 6.30. The van der Waals surface area contributed by atoms with Gasteiger partial charge in [-0.25, -0.2) is 9.97 Å². The van der Waals surface area contributed by atoms with Crippen LogP contribution in [0.5, 0.6) is 0 Å². The van der Waals surface area contributed by atoms with Gasteiger partial charge in [-0.2, -0.15) is 0 Å². The van der Waals surface area contributed by atoms with E-state index in [0.29, 0.717) is 23.4 Å². The van der Waals surface area contributed by atoms with Crippen molar-refractivity contribution < 1.29 is 0 Å². The van der Waals surface area contributed by atoms with Crippen molar-refractivity contribution in [3.8, 4) is 11.4 Å². The Morgan fingerprint density at radius 2 is 2.04 bits per heavy atom. The van der Waals surface area contributed by atoms with Crippen molar-refractivity contribution in [1.82, 2.24) is 24.7 Å². The molecule has 0 amide bonds. The molecule has 7 heteroatoms. The predicted octanol–water partition coefficient (Wildman–Crippen LogP) is 4.46. The quantitative estimate of drug-likeness (QED) is 0.705. The van der Waals surface area contributed by atoms with Crippen LogP contribution in [0.1, 0.15) is 49.8 Å². The van der Waals surface area contributed by atoms with E-state index in [4.69, 9.17) is 21.6 Å². The van der Waals surface area contributed by atoms with Gasteiger partial charge in [0.15, 0.2) is 11.6 Å². The fourth-order valence-electron chi connectivity index (χ4n) is 3.48. The van der Waals surface area contributed by atoms with Crippen LogP contribution in [0.2, 0.25) is 5.02 Å². The number of halogens is 1. The first-order chi connectivity index (χ1) is 13.1. The van der Waals surface area contributed by atoms with Crippen LogP contribution in [0.4, 0.5) is 5.82 Å². The summed E-state index contributed by atoms with van der Waals surface area (Å²) < 4.78 is 2.07. The third-order valence-corrected chi connectivity index (χ3v) is 5.12. The minimum absolute atomic E-state index is 0.318. The van der Waals surface area contributed by atoms with E-state index < -0.39 is 0 Å². The molecule has 0 atom stereocenters. The van der Waals surface area contributed by atoms with Gasteiger partial charge in [-0.1, -0.05) is 23.7 Å². The Bertz CT molecular complexity index is 949. The molecule has 1 aliphatic carbocycles. The summed E-state index contributed by atoms with van der Waals surface area (Å²) in [5, 5.41) is 12.5. The van der Waals surface area contributed by atoms with E-state index in [0.717, 1.165) is 35.7 Å².